The molecule has 2 N–H and O–H groups in total. The number of hydrogen-bond acceptors (Lipinski definition) is 8. The monoisotopic (exact) mass is 444 g/mol. The summed E-state index contributed by atoms with van der Waals surface area (Å²) in [4.78, 5) is 25.6. The van der Waals surface area contributed by atoms with Crippen LogP contribution in [0.5, 0.6) is 23.0 Å². The molecule has 172 valence electrons. The average Bonchev–Trinajstić information content (AvgIpc) is 3.06. The lowest BCUT2D eigenvalue weighted by atomic mass is 9.81. The number of ether oxygens (including phenoxy) is 4. The largest absolute Gasteiger partial charge is 0.504 e. The van der Waals surface area contributed by atoms with E-state index in [0.29, 0.717) is 16.7 Å². The highest BCUT2D eigenvalue weighted by atomic mass is 16.5. The Balaban J connectivity index is 2.22. The summed E-state index contributed by atoms with van der Waals surface area (Å²) >= 11 is 0. The number of esters is 2. The summed E-state index contributed by atoms with van der Waals surface area (Å²) in [5.41, 5.74) is 2.04. The number of carbonyl (C=O) groups is 2. The second-order valence-electron chi connectivity index (χ2n) is 7.46. The Morgan fingerprint density at radius 2 is 1.53 bits per heavy atom. The summed E-state index contributed by atoms with van der Waals surface area (Å²) in [5, 5.41) is 20.5. The van der Waals surface area contributed by atoms with Gasteiger partial charge in [0, 0.05) is 11.8 Å². The fourth-order valence-corrected chi connectivity index (χ4v) is 4.42. The molecule has 0 aromatic heterocycles. The van der Waals surface area contributed by atoms with Crippen molar-refractivity contribution in [3.05, 3.63) is 47.0 Å². The van der Waals surface area contributed by atoms with E-state index in [2.05, 4.69) is 0 Å². The van der Waals surface area contributed by atoms with Gasteiger partial charge in [-0.15, -0.1) is 0 Å². The Hall–Kier alpha value is -3.42. The van der Waals surface area contributed by atoms with Crippen LogP contribution < -0.4 is 9.47 Å². The molecular formula is C24H28O8. The van der Waals surface area contributed by atoms with Crippen LogP contribution in [0.3, 0.4) is 0 Å². The molecule has 0 radical (unpaired) electrons. The van der Waals surface area contributed by atoms with Crippen molar-refractivity contribution >= 4 is 11.9 Å². The number of rotatable bonds is 8. The lowest BCUT2D eigenvalue weighted by Crippen LogP contribution is -2.27. The van der Waals surface area contributed by atoms with E-state index in [4.69, 9.17) is 18.9 Å². The van der Waals surface area contributed by atoms with Crippen molar-refractivity contribution in [2.24, 2.45) is 5.92 Å². The third-order valence-corrected chi connectivity index (χ3v) is 5.73. The first kappa shape index (κ1) is 23.2. The van der Waals surface area contributed by atoms with Gasteiger partial charge in [-0.2, -0.15) is 0 Å². The van der Waals surface area contributed by atoms with Crippen molar-refractivity contribution in [2.75, 3.05) is 27.4 Å². The molecule has 0 spiro atoms. The van der Waals surface area contributed by atoms with Crippen LogP contribution in [0.25, 0.3) is 0 Å². The Morgan fingerprint density at radius 1 is 0.875 bits per heavy atom. The van der Waals surface area contributed by atoms with Gasteiger partial charge < -0.3 is 29.2 Å². The van der Waals surface area contributed by atoms with E-state index in [1.54, 1.807) is 38.1 Å². The molecule has 0 saturated heterocycles. The van der Waals surface area contributed by atoms with Crippen LogP contribution in [-0.4, -0.2) is 49.6 Å². The fourth-order valence-electron chi connectivity index (χ4n) is 4.42. The Bertz CT molecular complexity index is 1000. The third-order valence-electron chi connectivity index (χ3n) is 5.73. The van der Waals surface area contributed by atoms with Crippen molar-refractivity contribution in [2.45, 2.75) is 32.1 Å². The lowest BCUT2D eigenvalue weighted by Gasteiger charge is -2.24. The zero-order valence-corrected chi connectivity index (χ0v) is 18.6. The number of methoxy groups -OCH3 is 2. The number of aromatic hydroxyl groups is 2. The maximum atomic E-state index is 13.2. The van der Waals surface area contributed by atoms with Crippen molar-refractivity contribution in [1.82, 2.24) is 0 Å². The molecule has 8 nitrogen and oxygen atoms in total. The summed E-state index contributed by atoms with van der Waals surface area (Å²) in [7, 11) is 2.87. The third kappa shape index (κ3) is 4.30. The Morgan fingerprint density at radius 3 is 2.16 bits per heavy atom. The van der Waals surface area contributed by atoms with E-state index >= 15 is 0 Å². The van der Waals surface area contributed by atoms with Gasteiger partial charge in [0.25, 0.3) is 0 Å². The molecule has 1 aliphatic rings. The average molecular weight is 444 g/mol. The van der Waals surface area contributed by atoms with Crippen LogP contribution in [0.1, 0.15) is 48.8 Å². The molecule has 1 aliphatic carbocycles. The smallest absolute Gasteiger partial charge is 0.310 e. The van der Waals surface area contributed by atoms with Gasteiger partial charge in [-0.3, -0.25) is 9.59 Å². The molecule has 0 heterocycles. The highest BCUT2D eigenvalue weighted by Gasteiger charge is 2.48. The standard InChI is InChI=1S/C24H28O8/c1-5-31-21(27)12-16-14-11-20(30-4)18(26)10-15(14)22(23(16)24(28)32-6-2)13-7-8-17(25)19(9-13)29-3/h7-11,16,22-23,25-26H,5-6,12H2,1-4H3/t16-,22-,23-/m1/s1. The number of fused-ring (bicyclic) bond motifs is 1. The summed E-state index contributed by atoms with van der Waals surface area (Å²) in [6.45, 7) is 3.83. The summed E-state index contributed by atoms with van der Waals surface area (Å²) in [6.07, 6.45) is -0.0377. The molecule has 0 bridgehead atoms. The van der Waals surface area contributed by atoms with Crippen LogP contribution >= 0.6 is 0 Å². The van der Waals surface area contributed by atoms with E-state index in [1.807, 2.05) is 0 Å². The predicted molar refractivity (Wildman–Crippen MR) is 115 cm³/mol. The van der Waals surface area contributed by atoms with Crippen LogP contribution in [0.15, 0.2) is 30.3 Å². The first-order valence-corrected chi connectivity index (χ1v) is 10.5. The molecule has 2 aromatic rings. The number of hydrogen-bond donors (Lipinski definition) is 2. The van der Waals surface area contributed by atoms with Crippen LogP contribution in [-0.2, 0) is 19.1 Å². The Labute approximate surface area is 186 Å². The summed E-state index contributed by atoms with van der Waals surface area (Å²) in [5.74, 6) is -2.39. The minimum absolute atomic E-state index is 0.0377. The zero-order valence-electron chi connectivity index (χ0n) is 18.6. The number of phenols is 2. The maximum Gasteiger partial charge on any atom is 0.310 e. The van der Waals surface area contributed by atoms with Gasteiger partial charge in [0.1, 0.15) is 0 Å². The maximum absolute atomic E-state index is 13.2. The van der Waals surface area contributed by atoms with E-state index < -0.39 is 29.7 Å². The second kappa shape index (κ2) is 9.80. The zero-order chi connectivity index (χ0) is 23.4. The molecule has 0 fully saturated rings. The first-order valence-electron chi connectivity index (χ1n) is 10.5. The van der Waals surface area contributed by atoms with Crippen LogP contribution in [0.2, 0.25) is 0 Å². The number of benzene rings is 2. The van der Waals surface area contributed by atoms with Crippen molar-refractivity contribution in [1.29, 1.82) is 0 Å². The molecule has 2 aromatic carbocycles. The molecule has 32 heavy (non-hydrogen) atoms. The second-order valence-corrected chi connectivity index (χ2v) is 7.46. The van der Waals surface area contributed by atoms with Gasteiger partial charge in [-0.05, 0) is 54.8 Å². The van der Waals surface area contributed by atoms with E-state index in [9.17, 15) is 19.8 Å². The van der Waals surface area contributed by atoms with Gasteiger partial charge >= 0.3 is 11.9 Å². The minimum atomic E-state index is -0.755. The minimum Gasteiger partial charge on any atom is -0.504 e. The highest BCUT2D eigenvalue weighted by Crippen LogP contribution is 2.54. The van der Waals surface area contributed by atoms with Crippen molar-refractivity contribution < 1.29 is 38.7 Å². The number of carbonyl (C=O) groups excluding carboxylic acids is 2. The lowest BCUT2D eigenvalue weighted by molar-refractivity contribution is -0.150. The number of phenolic OH excluding ortho intramolecular Hbond substituents is 2. The van der Waals surface area contributed by atoms with Crippen molar-refractivity contribution in [3.63, 3.8) is 0 Å². The SMILES string of the molecule is CCOC(=O)C[C@@H]1c2cc(OC)c(O)cc2[C@@H](c2ccc(O)c(OC)c2)[C@@H]1C(=O)OCC. The molecule has 0 amide bonds. The van der Waals surface area contributed by atoms with Crippen LogP contribution in [0.4, 0.5) is 0 Å². The van der Waals surface area contributed by atoms with Gasteiger partial charge in [-0.25, -0.2) is 0 Å². The molecule has 0 aliphatic heterocycles. The van der Waals surface area contributed by atoms with Gasteiger partial charge in [-0.1, -0.05) is 6.07 Å². The molecular weight excluding hydrogens is 416 g/mol. The van der Waals surface area contributed by atoms with Gasteiger partial charge in [0.05, 0.1) is 39.8 Å². The predicted octanol–water partition coefficient (Wildman–Crippen LogP) is 3.48. The van der Waals surface area contributed by atoms with E-state index in [1.165, 1.54) is 20.3 Å². The normalized spacial score (nSPS) is 19.2. The van der Waals surface area contributed by atoms with E-state index in [0.717, 1.165) is 0 Å². The molecule has 8 heteroatoms. The Kier molecular flexibility index (Phi) is 7.12. The molecule has 0 unspecified atom stereocenters. The quantitative estimate of drug-likeness (QED) is 0.596. The van der Waals surface area contributed by atoms with Crippen molar-refractivity contribution in [3.8, 4) is 23.0 Å². The first-order chi connectivity index (χ1) is 15.4. The molecule has 3 rings (SSSR count). The summed E-state index contributed by atoms with van der Waals surface area (Å²) in [6, 6.07) is 8.02. The fraction of sp³-hybridized carbons (Fsp3) is 0.417. The molecule has 3 atom stereocenters. The highest BCUT2D eigenvalue weighted by molar-refractivity contribution is 5.81. The van der Waals surface area contributed by atoms with E-state index in [-0.39, 0.29) is 42.6 Å². The summed E-state index contributed by atoms with van der Waals surface area (Å²) < 4.78 is 21.1. The van der Waals surface area contributed by atoms with Crippen LogP contribution in [0, 0.1) is 5.92 Å². The van der Waals surface area contributed by atoms with Gasteiger partial charge in [0.15, 0.2) is 23.0 Å². The molecule has 0 saturated carbocycles. The van der Waals surface area contributed by atoms with Gasteiger partial charge in [0.2, 0.25) is 0 Å². The topological polar surface area (TPSA) is 112 Å².